The van der Waals surface area contributed by atoms with Gasteiger partial charge in [0.25, 0.3) is 0 Å². The number of aryl methyl sites for hydroxylation is 1. The summed E-state index contributed by atoms with van der Waals surface area (Å²) in [5.74, 6) is -1.01. The van der Waals surface area contributed by atoms with Gasteiger partial charge in [0.2, 0.25) is 0 Å². The van der Waals surface area contributed by atoms with Crippen LogP contribution < -0.4 is 5.32 Å². The first kappa shape index (κ1) is 16.4. The molecule has 0 radical (unpaired) electrons. The lowest BCUT2D eigenvalue weighted by Crippen LogP contribution is -2.41. The van der Waals surface area contributed by atoms with Crippen LogP contribution in [-0.2, 0) is 6.54 Å². The van der Waals surface area contributed by atoms with E-state index in [0.717, 1.165) is 17.8 Å². The van der Waals surface area contributed by atoms with Crippen LogP contribution in [0.5, 0.6) is 0 Å². The summed E-state index contributed by atoms with van der Waals surface area (Å²) >= 11 is 1.05. The number of thiazole rings is 1. The van der Waals surface area contributed by atoms with Crippen LogP contribution in [0.4, 0.5) is 4.79 Å². The average molecular weight is 301 g/mol. The van der Waals surface area contributed by atoms with Gasteiger partial charge >= 0.3 is 12.0 Å². The number of carboxylic acids is 1. The van der Waals surface area contributed by atoms with Gasteiger partial charge in [-0.2, -0.15) is 0 Å². The molecule has 1 heterocycles. The van der Waals surface area contributed by atoms with Gasteiger partial charge in [0, 0.05) is 13.1 Å². The van der Waals surface area contributed by atoms with Crippen molar-refractivity contribution in [2.24, 2.45) is 0 Å². The molecule has 0 aliphatic heterocycles. The van der Waals surface area contributed by atoms with Crippen LogP contribution in [0, 0.1) is 6.92 Å². The molecule has 0 aromatic carbocycles. The van der Waals surface area contributed by atoms with Crippen molar-refractivity contribution in [3.8, 4) is 0 Å². The lowest BCUT2D eigenvalue weighted by Gasteiger charge is -2.21. The van der Waals surface area contributed by atoms with Crippen LogP contribution in [-0.4, -0.2) is 51.8 Å². The smallest absolute Gasteiger partial charge is 0.347 e. The lowest BCUT2D eigenvalue weighted by atomic mass is 10.4. The number of carbonyl (C=O) groups excluding carboxylic acids is 1. The highest BCUT2D eigenvalue weighted by Gasteiger charge is 2.16. The van der Waals surface area contributed by atoms with Gasteiger partial charge in [-0.3, -0.25) is 0 Å². The lowest BCUT2D eigenvalue weighted by molar-refractivity contribution is 0.0701. The highest BCUT2D eigenvalue weighted by Crippen LogP contribution is 2.17. The summed E-state index contributed by atoms with van der Waals surface area (Å²) in [6.07, 6.45) is 0.799. The van der Waals surface area contributed by atoms with Crippen LogP contribution in [0.1, 0.15) is 33.7 Å². The molecule has 0 saturated carbocycles. The van der Waals surface area contributed by atoms with Crippen molar-refractivity contribution >= 4 is 23.3 Å². The summed E-state index contributed by atoms with van der Waals surface area (Å²) in [5.41, 5.74) is 0.451. The molecule has 1 aromatic rings. The van der Waals surface area contributed by atoms with Crippen molar-refractivity contribution in [1.29, 1.82) is 0 Å². The molecular weight excluding hydrogens is 282 g/mol. The predicted octanol–water partition coefficient (Wildman–Crippen LogP) is 1.06. The molecule has 0 saturated heterocycles. The number of rotatable bonds is 7. The summed E-state index contributed by atoms with van der Waals surface area (Å²) in [5, 5.41) is 21.1. The Balaban J connectivity index is 2.59. The fourth-order valence-corrected chi connectivity index (χ4v) is 2.54. The summed E-state index contributed by atoms with van der Waals surface area (Å²) in [7, 11) is 0. The van der Waals surface area contributed by atoms with Gasteiger partial charge in [0.05, 0.1) is 18.8 Å². The minimum absolute atomic E-state index is 0.0903. The predicted molar refractivity (Wildman–Crippen MR) is 75.0 cm³/mol. The van der Waals surface area contributed by atoms with E-state index in [0.29, 0.717) is 17.2 Å². The molecule has 1 rings (SSSR count). The number of nitrogens with zero attached hydrogens (tertiary/aromatic N) is 2. The standard InChI is InChI=1S/C12H19N3O4S/c1-3-4-15(5-6-16)12(19)13-7-9-14-8(2)10(20-9)11(17)18/h16H,3-7H2,1-2H3,(H,13,19)(H,17,18). The Bertz CT molecular complexity index is 469. The zero-order chi connectivity index (χ0) is 15.1. The van der Waals surface area contributed by atoms with Crippen LogP contribution in [0.25, 0.3) is 0 Å². The maximum atomic E-state index is 11.9. The topological polar surface area (TPSA) is 103 Å². The molecule has 8 heteroatoms. The van der Waals surface area contributed by atoms with E-state index in [1.54, 1.807) is 6.92 Å². The number of aliphatic hydroxyl groups excluding tert-OH is 1. The highest BCUT2D eigenvalue weighted by molar-refractivity contribution is 7.13. The second-order valence-corrected chi connectivity index (χ2v) is 5.28. The normalized spacial score (nSPS) is 10.3. The van der Waals surface area contributed by atoms with Gasteiger partial charge in [-0.25, -0.2) is 14.6 Å². The summed E-state index contributed by atoms with van der Waals surface area (Å²) in [6.45, 7) is 4.50. The van der Waals surface area contributed by atoms with Gasteiger partial charge in [-0.1, -0.05) is 6.92 Å². The van der Waals surface area contributed by atoms with E-state index < -0.39 is 5.97 Å². The third-order valence-corrected chi connectivity index (χ3v) is 3.72. The quantitative estimate of drug-likeness (QED) is 0.699. The number of carbonyl (C=O) groups is 2. The Morgan fingerprint density at radius 1 is 1.40 bits per heavy atom. The van der Waals surface area contributed by atoms with E-state index >= 15 is 0 Å². The van der Waals surface area contributed by atoms with Crippen molar-refractivity contribution in [2.45, 2.75) is 26.8 Å². The number of urea groups is 1. The number of hydrogen-bond donors (Lipinski definition) is 3. The van der Waals surface area contributed by atoms with Crippen LogP contribution in [0.2, 0.25) is 0 Å². The molecule has 0 fully saturated rings. The molecular formula is C12H19N3O4S. The van der Waals surface area contributed by atoms with E-state index in [9.17, 15) is 9.59 Å². The summed E-state index contributed by atoms with van der Waals surface area (Å²) in [4.78, 5) is 28.6. The third kappa shape index (κ3) is 4.46. The molecule has 20 heavy (non-hydrogen) atoms. The molecule has 3 N–H and O–H groups in total. The first-order chi connectivity index (χ1) is 9.49. The number of amides is 2. The van der Waals surface area contributed by atoms with Gasteiger partial charge < -0.3 is 20.4 Å². The maximum Gasteiger partial charge on any atom is 0.347 e. The molecule has 0 unspecified atom stereocenters. The van der Waals surface area contributed by atoms with Crippen molar-refractivity contribution in [2.75, 3.05) is 19.7 Å². The highest BCUT2D eigenvalue weighted by atomic mass is 32.1. The number of aromatic carboxylic acids is 1. The second-order valence-electron chi connectivity index (χ2n) is 4.20. The Hall–Kier alpha value is -1.67. The molecule has 0 aliphatic carbocycles. The Labute approximate surface area is 121 Å². The van der Waals surface area contributed by atoms with Gasteiger partial charge in [0.15, 0.2) is 0 Å². The van der Waals surface area contributed by atoms with Gasteiger partial charge in [-0.15, -0.1) is 11.3 Å². The van der Waals surface area contributed by atoms with Crippen LogP contribution in [0.15, 0.2) is 0 Å². The zero-order valence-corrected chi connectivity index (χ0v) is 12.4. The minimum atomic E-state index is -1.01. The third-order valence-electron chi connectivity index (χ3n) is 2.58. The average Bonchev–Trinajstić information content (AvgIpc) is 2.77. The summed E-state index contributed by atoms with van der Waals surface area (Å²) < 4.78 is 0. The second kappa shape index (κ2) is 7.81. The molecule has 112 valence electrons. The van der Waals surface area contributed by atoms with Crippen molar-refractivity contribution in [1.82, 2.24) is 15.2 Å². The Morgan fingerprint density at radius 3 is 2.60 bits per heavy atom. The van der Waals surface area contributed by atoms with E-state index in [1.807, 2.05) is 6.92 Å². The molecule has 0 bridgehead atoms. The molecule has 0 aliphatic rings. The van der Waals surface area contributed by atoms with E-state index in [4.69, 9.17) is 10.2 Å². The van der Waals surface area contributed by atoms with Crippen molar-refractivity contribution < 1.29 is 19.8 Å². The number of aliphatic hydroxyl groups is 1. The Morgan fingerprint density at radius 2 is 2.10 bits per heavy atom. The van der Waals surface area contributed by atoms with Gasteiger partial charge in [-0.05, 0) is 13.3 Å². The monoisotopic (exact) mass is 301 g/mol. The largest absolute Gasteiger partial charge is 0.477 e. The number of nitrogens with one attached hydrogen (secondary N) is 1. The first-order valence-corrected chi connectivity index (χ1v) is 7.14. The Kier molecular flexibility index (Phi) is 6.40. The van der Waals surface area contributed by atoms with E-state index in [1.165, 1.54) is 4.90 Å². The first-order valence-electron chi connectivity index (χ1n) is 6.32. The number of carboxylic acid groups (broad SMARTS) is 1. The fraction of sp³-hybridized carbons (Fsp3) is 0.583. The SMILES string of the molecule is CCCN(CCO)C(=O)NCc1nc(C)c(C(=O)O)s1. The zero-order valence-electron chi connectivity index (χ0n) is 11.5. The molecule has 1 aromatic heterocycles. The van der Waals surface area contributed by atoms with Crippen LogP contribution >= 0.6 is 11.3 Å². The van der Waals surface area contributed by atoms with Crippen LogP contribution in [0.3, 0.4) is 0 Å². The van der Waals surface area contributed by atoms with Gasteiger partial charge in [0.1, 0.15) is 9.88 Å². The molecule has 2 amide bonds. The van der Waals surface area contributed by atoms with E-state index in [-0.39, 0.29) is 30.6 Å². The molecule has 7 nitrogen and oxygen atoms in total. The van der Waals surface area contributed by atoms with E-state index in [2.05, 4.69) is 10.3 Å². The fourth-order valence-electron chi connectivity index (χ4n) is 1.69. The molecule has 0 atom stereocenters. The molecule has 0 spiro atoms. The maximum absolute atomic E-state index is 11.9. The van der Waals surface area contributed by atoms with Crippen molar-refractivity contribution in [3.05, 3.63) is 15.6 Å². The number of hydrogen-bond acceptors (Lipinski definition) is 5. The number of aromatic nitrogens is 1. The van der Waals surface area contributed by atoms with Crippen molar-refractivity contribution in [3.63, 3.8) is 0 Å². The minimum Gasteiger partial charge on any atom is -0.477 e. The summed E-state index contributed by atoms with van der Waals surface area (Å²) in [6, 6.07) is -0.286.